The zero-order chi connectivity index (χ0) is 41.1. The van der Waals surface area contributed by atoms with Crippen LogP contribution < -0.4 is 0 Å². The highest BCUT2D eigenvalue weighted by Crippen LogP contribution is 2.54. The van der Waals surface area contributed by atoms with Gasteiger partial charge >= 0.3 is 0 Å². The van der Waals surface area contributed by atoms with Gasteiger partial charge in [0.05, 0.1) is 55.0 Å². The standard InChI is InChI=1S/C54H28N6S2/c1-56-48-46(31-12-10-26-57-29-31)49(59-42-18-6-2-14-33(42)37-22-24-39-35-16-4-8-20-44(35)61-53(39)51(37)59)41(28-55)50(47(48)32-13-11-27-58-30-32)60-43-19-7-3-15-34(43)38-23-25-40-36-17-5-9-21-45(36)62-54(40)52(38)60/h2-27,29-30H. The van der Waals surface area contributed by atoms with E-state index in [2.05, 4.69) is 151 Å². The number of thiophene rings is 2. The first-order valence-electron chi connectivity index (χ1n) is 20.2. The van der Waals surface area contributed by atoms with Crippen molar-refractivity contribution in [2.24, 2.45) is 0 Å². The molecule has 62 heavy (non-hydrogen) atoms. The number of hydrogen-bond acceptors (Lipinski definition) is 5. The van der Waals surface area contributed by atoms with Crippen LogP contribution in [0.2, 0.25) is 0 Å². The van der Waals surface area contributed by atoms with Crippen molar-refractivity contribution in [1.82, 2.24) is 19.1 Å². The van der Waals surface area contributed by atoms with Gasteiger partial charge in [-0.25, -0.2) is 4.85 Å². The molecule has 0 amide bonds. The quantitative estimate of drug-likeness (QED) is 0.166. The number of fused-ring (bicyclic) bond motifs is 14. The first-order chi connectivity index (χ1) is 30.7. The fourth-order valence-corrected chi connectivity index (χ4v) is 12.4. The van der Waals surface area contributed by atoms with Crippen LogP contribution in [0.1, 0.15) is 5.56 Å². The van der Waals surface area contributed by atoms with Gasteiger partial charge in [-0.05, 0) is 47.5 Å². The molecule has 0 unspecified atom stereocenters. The maximum atomic E-state index is 12.2. The number of rotatable bonds is 4. The second-order valence-corrected chi connectivity index (χ2v) is 17.6. The summed E-state index contributed by atoms with van der Waals surface area (Å²) in [5, 5.41) is 21.1. The summed E-state index contributed by atoms with van der Waals surface area (Å²) in [5.41, 5.74) is 8.78. The highest BCUT2D eigenvalue weighted by molar-refractivity contribution is 7.27. The van der Waals surface area contributed by atoms with E-state index >= 15 is 0 Å². The van der Waals surface area contributed by atoms with Gasteiger partial charge in [0.2, 0.25) is 5.69 Å². The van der Waals surface area contributed by atoms with Crippen LogP contribution >= 0.6 is 22.7 Å². The Morgan fingerprint density at radius 3 is 1.35 bits per heavy atom. The Morgan fingerprint density at radius 1 is 0.484 bits per heavy atom. The molecule has 8 heteroatoms. The van der Waals surface area contributed by atoms with E-state index in [4.69, 9.17) is 0 Å². The van der Waals surface area contributed by atoms with E-state index in [0.717, 1.165) is 74.9 Å². The third-order valence-corrected chi connectivity index (χ3v) is 14.7. The van der Waals surface area contributed by atoms with Crippen LogP contribution in [0.5, 0.6) is 0 Å². The van der Waals surface area contributed by atoms with E-state index < -0.39 is 0 Å². The van der Waals surface area contributed by atoms with Gasteiger partial charge in [0, 0.05) is 88.4 Å². The summed E-state index contributed by atoms with van der Waals surface area (Å²) in [4.78, 5) is 13.8. The second-order valence-electron chi connectivity index (χ2n) is 15.5. The molecule has 0 spiro atoms. The molecule has 286 valence electrons. The molecule has 13 rings (SSSR count). The normalized spacial score (nSPS) is 11.8. The van der Waals surface area contributed by atoms with E-state index in [1.807, 2.05) is 36.7 Å². The molecule has 6 aromatic heterocycles. The maximum Gasteiger partial charge on any atom is 0.206 e. The minimum absolute atomic E-state index is 0.416. The number of benzene rings is 7. The predicted molar refractivity (Wildman–Crippen MR) is 258 cm³/mol. The van der Waals surface area contributed by atoms with Crippen LogP contribution in [0.15, 0.2) is 170 Å². The molecular formula is C54H28N6S2. The van der Waals surface area contributed by atoms with Crippen molar-refractivity contribution in [2.45, 2.75) is 0 Å². The first-order valence-corrected chi connectivity index (χ1v) is 21.9. The lowest BCUT2D eigenvalue weighted by Gasteiger charge is -2.25. The van der Waals surface area contributed by atoms with E-state index in [1.54, 1.807) is 35.1 Å². The van der Waals surface area contributed by atoms with Crippen LogP contribution in [0.4, 0.5) is 5.69 Å². The molecule has 0 aliphatic rings. The number of nitrogens with zero attached hydrogens (tertiary/aromatic N) is 6. The van der Waals surface area contributed by atoms with Crippen LogP contribution in [0, 0.1) is 17.9 Å². The highest BCUT2D eigenvalue weighted by Gasteiger charge is 2.33. The SMILES string of the molecule is [C-]#[N+]c1c(-c2cccnc2)c(-n2c3ccccc3c3ccc4c5ccccc5sc4c32)c(C#N)c(-n2c3ccccc3c3ccc4c5ccccc5sc4c32)c1-c1cccnc1. The van der Waals surface area contributed by atoms with Gasteiger partial charge < -0.3 is 9.13 Å². The lowest BCUT2D eigenvalue weighted by atomic mass is 9.89. The van der Waals surface area contributed by atoms with Crippen molar-refractivity contribution in [3.8, 4) is 39.7 Å². The van der Waals surface area contributed by atoms with Gasteiger partial charge in [0.1, 0.15) is 6.07 Å². The Hall–Kier alpha value is -8.14. The molecule has 0 bridgehead atoms. The van der Waals surface area contributed by atoms with Crippen LogP contribution in [-0.2, 0) is 0 Å². The highest BCUT2D eigenvalue weighted by atomic mass is 32.1. The maximum absolute atomic E-state index is 12.2. The minimum Gasteiger partial charge on any atom is -0.307 e. The Morgan fingerprint density at radius 2 is 0.919 bits per heavy atom. The zero-order valence-corrected chi connectivity index (χ0v) is 34.3. The van der Waals surface area contributed by atoms with Crippen molar-refractivity contribution in [3.05, 3.63) is 187 Å². The molecule has 0 N–H and O–H groups in total. The van der Waals surface area contributed by atoms with Crippen molar-refractivity contribution in [2.75, 3.05) is 0 Å². The first kappa shape index (κ1) is 34.7. The lowest BCUT2D eigenvalue weighted by molar-refractivity contribution is 1.13. The molecular weight excluding hydrogens is 797 g/mol. The molecule has 0 saturated carbocycles. The molecule has 6 heterocycles. The fraction of sp³-hybridized carbons (Fsp3) is 0. The Kier molecular flexibility index (Phi) is 7.38. The molecule has 0 aliphatic carbocycles. The van der Waals surface area contributed by atoms with Gasteiger partial charge in [-0.1, -0.05) is 109 Å². The summed E-state index contributed by atoms with van der Waals surface area (Å²) in [6.45, 7) is 9.24. The summed E-state index contributed by atoms with van der Waals surface area (Å²) in [6.07, 6.45) is 7.12. The molecule has 6 nitrogen and oxygen atoms in total. The fourth-order valence-electron chi connectivity index (χ4n) is 9.87. The molecule has 0 atom stereocenters. The Balaban J connectivity index is 1.33. The average molecular weight is 825 g/mol. The summed E-state index contributed by atoms with van der Waals surface area (Å²) < 4.78 is 9.16. The number of aromatic nitrogens is 4. The zero-order valence-electron chi connectivity index (χ0n) is 32.7. The van der Waals surface area contributed by atoms with Gasteiger partial charge in [-0.3, -0.25) is 9.97 Å². The predicted octanol–water partition coefficient (Wildman–Crippen LogP) is 15.2. The van der Waals surface area contributed by atoms with Gasteiger partial charge in [-0.2, -0.15) is 5.26 Å². The third kappa shape index (κ3) is 4.65. The summed E-state index contributed by atoms with van der Waals surface area (Å²) >= 11 is 3.52. The van der Waals surface area contributed by atoms with Gasteiger partial charge in [0.25, 0.3) is 0 Å². The average Bonchev–Trinajstić information content (AvgIpc) is 4.09. The van der Waals surface area contributed by atoms with E-state index in [1.165, 1.54) is 20.2 Å². The van der Waals surface area contributed by atoms with Crippen LogP contribution in [0.3, 0.4) is 0 Å². The van der Waals surface area contributed by atoms with E-state index in [0.29, 0.717) is 33.8 Å². The van der Waals surface area contributed by atoms with Crippen molar-refractivity contribution in [1.29, 1.82) is 5.26 Å². The van der Waals surface area contributed by atoms with Crippen LogP contribution in [-0.4, -0.2) is 19.1 Å². The monoisotopic (exact) mass is 824 g/mol. The van der Waals surface area contributed by atoms with Crippen molar-refractivity contribution < 1.29 is 0 Å². The summed E-state index contributed by atoms with van der Waals surface area (Å²) in [5.74, 6) is 0. The van der Waals surface area contributed by atoms with E-state index in [-0.39, 0.29) is 0 Å². The number of para-hydroxylation sites is 2. The summed E-state index contributed by atoms with van der Waals surface area (Å²) in [6, 6.07) is 53.5. The van der Waals surface area contributed by atoms with Crippen LogP contribution in [0.25, 0.3) is 122 Å². The Bertz CT molecular complexity index is 3870. The van der Waals surface area contributed by atoms with E-state index in [9.17, 15) is 11.8 Å². The smallest absolute Gasteiger partial charge is 0.206 e. The minimum atomic E-state index is 0.416. The molecule has 7 aromatic carbocycles. The number of hydrogen-bond donors (Lipinski definition) is 0. The lowest BCUT2D eigenvalue weighted by Crippen LogP contribution is -2.09. The third-order valence-electron chi connectivity index (χ3n) is 12.4. The van der Waals surface area contributed by atoms with Gasteiger partial charge in [0.15, 0.2) is 0 Å². The largest absolute Gasteiger partial charge is 0.307 e. The molecule has 0 saturated heterocycles. The van der Waals surface area contributed by atoms with Crippen molar-refractivity contribution in [3.63, 3.8) is 0 Å². The molecule has 0 radical (unpaired) electrons. The second kappa shape index (κ2) is 13.2. The van der Waals surface area contributed by atoms with Gasteiger partial charge in [-0.15, -0.1) is 22.7 Å². The molecule has 0 aliphatic heterocycles. The topological polar surface area (TPSA) is 63.8 Å². The number of nitriles is 1. The number of pyridine rings is 2. The van der Waals surface area contributed by atoms with Crippen molar-refractivity contribution >= 4 is 112 Å². The molecule has 0 fully saturated rings. The summed E-state index contributed by atoms with van der Waals surface area (Å²) in [7, 11) is 0. The molecule has 13 aromatic rings. The Labute approximate surface area is 361 Å².